The molecule has 1 atom stereocenters. The molecule has 1 aromatic heterocycles. The van der Waals surface area contributed by atoms with E-state index < -0.39 is 5.60 Å². The molecule has 1 amide bonds. The fourth-order valence-electron chi connectivity index (χ4n) is 2.54. The third-order valence-electron chi connectivity index (χ3n) is 3.68. The average molecular weight is 310 g/mol. The number of nitrogens with one attached hydrogen (secondary N) is 1. The molecule has 0 aliphatic heterocycles. The third-order valence-corrected chi connectivity index (χ3v) is 3.68. The number of carbonyl (C=O) groups excluding carboxylic acids is 1. The zero-order valence-electron chi connectivity index (χ0n) is 13.0. The number of aromatic nitrogens is 1. The normalized spacial score (nSPS) is 13.7. The van der Waals surface area contributed by atoms with Crippen molar-refractivity contribution in [3.8, 4) is 0 Å². The fourth-order valence-corrected chi connectivity index (χ4v) is 2.54. The van der Waals surface area contributed by atoms with Crippen LogP contribution >= 0.6 is 0 Å². The summed E-state index contributed by atoms with van der Waals surface area (Å²) in [6.45, 7) is 3.40. The standard InChI is InChI=1S/C18H18N2O3/c1-12-19-15-10-14(8-9-16(15)23-12)20-17(21)11-18(2,22)13-6-4-3-5-7-13/h3-10,22H,11H2,1-2H3,(H,20,21). The first-order chi connectivity index (χ1) is 10.9. The lowest BCUT2D eigenvalue weighted by Crippen LogP contribution is -2.28. The van der Waals surface area contributed by atoms with Gasteiger partial charge < -0.3 is 14.8 Å². The number of hydrogen-bond donors (Lipinski definition) is 2. The van der Waals surface area contributed by atoms with E-state index >= 15 is 0 Å². The van der Waals surface area contributed by atoms with E-state index in [0.29, 0.717) is 28.2 Å². The Morgan fingerprint density at radius 3 is 2.74 bits per heavy atom. The molecule has 2 N–H and O–H groups in total. The van der Waals surface area contributed by atoms with Crippen molar-refractivity contribution in [1.29, 1.82) is 0 Å². The maximum absolute atomic E-state index is 12.2. The van der Waals surface area contributed by atoms with E-state index in [2.05, 4.69) is 10.3 Å². The second kappa shape index (κ2) is 5.85. The number of carbonyl (C=O) groups is 1. The van der Waals surface area contributed by atoms with Gasteiger partial charge in [-0.3, -0.25) is 4.79 Å². The highest BCUT2D eigenvalue weighted by molar-refractivity contribution is 5.93. The van der Waals surface area contributed by atoms with E-state index in [1.807, 2.05) is 18.2 Å². The highest BCUT2D eigenvalue weighted by Gasteiger charge is 2.26. The zero-order chi connectivity index (χ0) is 16.4. The van der Waals surface area contributed by atoms with Gasteiger partial charge >= 0.3 is 0 Å². The summed E-state index contributed by atoms with van der Waals surface area (Å²) in [5.74, 6) is 0.314. The molecule has 0 aliphatic rings. The SMILES string of the molecule is Cc1nc2cc(NC(=O)CC(C)(O)c3ccccc3)ccc2o1. The quantitative estimate of drug-likeness (QED) is 0.774. The molecule has 3 aromatic rings. The lowest BCUT2D eigenvalue weighted by Gasteiger charge is -2.23. The van der Waals surface area contributed by atoms with Crippen LogP contribution < -0.4 is 5.32 Å². The summed E-state index contributed by atoms with van der Waals surface area (Å²) in [6, 6.07) is 14.4. The van der Waals surface area contributed by atoms with Crippen LogP contribution in [0.5, 0.6) is 0 Å². The first kappa shape index (κ1) is 15.2. The number of nitrogens with zero attached hydrogens (tertiary/aromatic N) is 1. The van der Waals surface area contributed by atoms with E-state index in [9.17, 15) is 9.90 Å². The van der Waals surface area contributed by atoms with Gasteiger partial charge in [-0.05, 0) is 30.7 Å². The molecule has 23 heavy (non-hydrogen) atoms. The highest BCUT2D eigenvalue weighted by atomic mass is 16.3. The minimum Gasteiger partial charge on any atom is -0.441 e. The Kier molecular flexibility index (Phi) is 3.88. The maximum Gasteiger partial charge on any atom is 0.227 e. The molecule has 2 aromatic carbocycles. The molecule has 0 bridgehead atoms. The van der Waals surface area contributed by atoms with Gasteiger partial charge in [-0.2, -0.15) is 0 Å². The minimum absolute atomic E-state index is 0.0348. The summed E-state index contributed by atoms with van der Waals surface area (Å²) in [5.41, 5.74) is 1.48. The summed E-state index contributed by atoms with van der Waals surface area (Å²) in [6.07, 6.45) is -0.0348. The fraction of sp³-hybridized carbons (Fsp3) is 0.222. The predicted octanol–water partition coefficient (Wildman–Crippen LogP) is 3.37. The van der Waals surface area contributed by atoms with Gasteiger partial charge in [-0.25, -0.2) is 4.98 Å². The van der Waals surface area contributed by atoms with Crippen molar-refractivity contribution in [2.75, 3.05) is 5.32 Å². The number of oxazole rings is 1. The van der Waals surface area contributed by atoms with Crippen LogP contribution in [0, 0.1) is 6.92 Å². The Balaban J connectivity index is 1.73. The number of aliphatic hydroxyl groups is 1. The number of hydrogen-bond acceptors (Lipinski definition) is 4. The highest BCUT2D eigenvalue weighted by Crippen LogP contribution is 2.25. The van der Waals surface area contributed by atoms with Crippen LogP contribution in [0.2, 0.25) is 0 Å². The Labute approximate surface area is 134 Å². The zero-order valence-corrected chi connectivity index (χ0v) is 13.0. The Morgan fingerprint density at radius 1 is 1.26 bits per heavy atom. The third kappa shape index (κ3) is 3.40. The van der Waals surface area contributed by atoms with Crippen LogP contribution in [0.4, 0.5) is 5.69 Å². The van der Waals surface area contributed by atoms with Gasteiger partial charge in [0.05, 0.1) is 12.0 Å². The Bertz CT molecular complexity index is 838. The van der Waals surface area contributed by atoms with Crippen molar-refractivity contribution in [3.63, 3.8) is 0 Å². The summed E-state index contributed by atoms with van der Waals surface area (Å²) in [4.78, 5) is 16.5. The summed E-state index contributed by atoms with van der Waals surface area (Å²) < 4.78 is 5.40. The lowest BCUT2D eigenvalue weighted by atomic mass is 9.92. The molecule has 1 heterocycles. The topological polar surface area (TPSA) is 75.4 Å². The van der Waals surface area contributed by atoms with Crippen molar-refractivity contribution in [1.82, 2.24) is 4.98 Å². The van der Waals surface area contributed by atoms with Crippen LogP contribution in [0.1, 0.15) is 24.8 Å². The molecular formula is C18H18N2O3. The maximum atomic E-state index is 12.2. The summed E-state index contributed by atoms with van der Waals surface area (Å²) in [5, 5.41) is 13.3. The van der Waals surface area contributed by atoms with Gasteiger partial charge in [-0.1, -0.05) is 30.3 Å². The molecule has 0 fully saturated rings. The van der Waals surface area contributed by atoms with E-state index in [0.717, 1.165) is 0 Å². The van der Waals surface area contributed by atoms with Crippen LogP contribution in [0.15, 0.2) is 52.9 Å². The van der Waals surface area contributed by atoms with E-state index in [-0.39, 0.29) is 12.3 Å². The van der Waals surface area contributed by atoms with Crippen LogP contribution in [-0.2, 0) is 10.4 Å². The van der Waals surface area contributed by atoms with Gasteiger partial charge in [0.25, 0.3) is 0 Å². The molecule has 118 valence electrons. The second-order valence-corrected chi connectivity index (χ2v) is 5.78. The second-order valence-electron chi connectivity index (χ2n) is 5.78. The smallest absolute Gasteiger partial charge is 0.227 e. The molecule has 0 spiro atoms. The largest absolute Gasteiger partial charge is 0.441 e. The first-order valence-corrected chi connectivity index (χ1v) is 7.39. The van der Waals surface area contributed by atoms with Crippen molar-refractivity contribution >= 4 is 22.7 Å². The lowest BCUT2D eigenvalue weighted by molar-refractivity contribution is -0.120. The monoisotopic (exact) mass is 310 g/mol. The van der Waals surface area contributed by atoms with Gasteiger partial charge in [0.2, 0.25) is 5.91 Å². The minimum atomic E-state index is -1.22. The molecule has 1 unspecified atom stereocenters. The molecule has 0 radical (unpaired) electrons. The van der Waals surface area contributed by atoms with Crippen molar-refractivity contribution in [2.45, 2.75) is 25.9 Å². The summed E-state index contributed by atoms with van der Waals surface area (Å²) >= 11 is 0. The molecule has 3 rings (SSSR count). The average Bonchev–Trinajstić information content (AvgIpc) is 2.87. The van der Waals surface area contributed by atoms with Gasteiger partial charge in [0.1, 0.15) is 5.52 Å². The molecule has 5 nitrogen and oxygen atoms in total. The van der Waals surface area contributed by atoms with Crippen LogP contribution in [0.3, 0.4) is 0 Å². The van der Waals surface area contributed by atoms with Gasteiger partial charge in [-0.15, -0.1) is 0 Å². The van der Waals surface area contributed by atoms with Crippen LogP contribution in [-0.4, -0.2) is 16.0 Å². The number of anilines is 1. The molecule has 5 heteroatoms. The van der Waals surface area contributed by atoms with E-state index in [1.165, 1.54) is 0 Å². The summed E-state index contributed by atoms with van der Waals surface area (Å²) in [7, 11) is 0. The number of aryl methyl sites for hydroxylation is 1. The van der Waals surface area contributed by atoms with Gasteiger partial charge in [0, 0.05) is 12.6 Å². The first-order valence-electron chi connectivity index (χ1n) is 7.39. The van der Waals surface area contributed by atoms with Crippen LogP contribution in [0.25, 0.3) is 11.1 Å². The predicted molar refractivity (Wildman–Crippen MR) is 88.0 cm³/mol. The molecular weight excluding hydrogens is 292 g/mol. The number of fused-ring (bicyclic) bond motifs is 1. The van der Waals surface area contributed by atoms with E-state index in [1.54, 1.807) is 44.2 Å². The number of rotatable bonds is 4. The number of benzene rings is 2. The Morgan fingerprint density at radius 2 is 2.00 bits per heavy atom. The molecule has 0 saturated carbocycles. The van der Waals surface area contributed by atoms with Gasteiger partial charge in [0.15, 0.2) is 11.5 Å². The van der Waals surface area contributed by atoms with E-state index in [4.69, 9.17) is 4.42 Å². The van der Waals surface area contributed by atoms with Crippen molar-refractivity contribution < 1.29 is 14.3 Å². The molecule has 0 aliphatic carbocycles. The van der Waals surface area contributed by atoms with Crippen molar-refractivity contribution in [2.24, 2.45) is 0 Å². The van der Waals surface area contributed by atoms with Crippen molar-refractivity contribution in [3.05, 3.63) is 60.0 Å². The Hall–Kier alpha value is -2.66. The number of amides is 1. The molecule has 0 saturated heterocycles.